The molecule has 0 unspecified atom stereocenters. The zero-order valence-electron chi connectivity index (χ0n) is 10.7. The van der Waals surface area contributed by atoms with Crippen LogP contribution in [0.4, 0.5) is 11.4 Å². The average molecular weight is 370 g/mol. The Bertz CT molecular complexity index is 689. The average Bonchev–Trinajstić information content (AvgIpc) is 2.47. The molecule has 108 valence electrons. The molecule has 7 heteroatoms. The van der Waals surface area contributed by atoms with Crippen LogP contribution in [0.15, 0.2) is 42.5 Å². The predicted molar refractivity (Wildman–Crippen MR) is 85.1 cm³/mol. The summed E-state index contributed by atoms with van der Waals surface area (Å²) in [6.07, 6.45) is 0. The van der Waals surface area contributed by atoms with Gasteiger partial charge in [-0.05, 0) is 29.8 Å². The molecule has 0 saturated carbocycles. The monoisotopic (exact) mass is 368 g/mol. The molecule has 0 bridgehead atoms. The lowest BCUT2D eigenvalue weighted by Gasteiger charge is -2.07. The molecule has 2 rings (SSSR count). The van der Waals surface area contributed by atoms with Crippen molar-refractivity contribution in [2.45, 2.75) is 5.33 Å². The minimum Gasteiger partial charge on any atom is -0.316 e. The van der Waals surface area contributed by atoms with E-state index in [0.717, 1.165) is 5.56 Å². The number of hydrogen-bond acceptors (Lipinski definition) is 3. The van der Waals surface area contributed by atoms with E-state index in [2.05, 4.69) is 21.2 Å². The summed E-state index contributed by atoms with van der Waals surface area (Å²) in [5.74, 6) is -0.429. The number of amides is 1. The third-order valence-corrected chi connectivity index (χ3v) is 3.66. The van der Waals surface area contributed by atoms with Crippen molar-refractivity contribution in [1.82, 2.24) is 0 Å². The number of alkyl halides is 1. The molecule has 0 aromatic heterocycles. The Morgan fingerprint density at radius 3 is 2.48 bits per heavy atom. The number of benzene rings is 2. The minimum atomic E-state index is -0.570. The Morgan fingerprint density at radius 1 is 1.24 bits per heavy atom. The molecule has 0 atom stereocenters. The summed E-state index contributed by atoms with van der Waals surface area (Å²) in [5, 5.41) is 14.5. The van der Waals surface area contributed by atoms with E-state index < -0.39 is 10.8 Å². The van der Waals surface area contributed by atoms with E-state index in [9.17, 15) is 14.9 Å². The van der Waals surface area contributed by atoms with Gasteiger partial charge in [0, 0.05) is 22.0 Å². The van der Waals surface area contributed by atoms with Crippen LogP contribution in [0.5, 0.6) is 0 Å². The van der Waals surface area contributed by atoms with E-state index in [0.29, 0.717) is 15.9 Å². The molecule has 2 aromatic carbocycles. The zero-order valence-corrected chi connectivity index (χ0v) is 13.0. The number of nitrogens with zero attached hydrogens (tertiary/aromatic N) is 1. The van der Waals surface area contributed by atoms with E-state index in [1.54, 1.807) is 24.3 Å². The predicted octanol–water partition coefficient (Wildman–Crippen LogP) is 4.40. The smallest absolute Gasteiger partial charge is 0.292 e. The quantitative estimate of drug-likeness (QED) is 0.493. The second-order valence-corrected chi connectivity index (χ2v) is 5.20. The van der Waals surface area contributed by atoms with Crippen molar-refractivity contribution < 1.29 is 9.72 Å². The van der Waals surface area contributed by atoms with Gasteiger partial charge >= 0.3 is 0 Å². The molecule has 5 nitrogen and oxygen atoms in total. The second kappa shape index (κ2) is 6.69. The lowest BCUT2D eigenvalue weighted by atomic mass is 10.1. The van der Waals surface area contributed by atoms with E-state index >= 15 is 0 Å². The Morgan fingerprint density at radius 2 is 1.90 bits per heavy atom. The highest BCUT2D eigenvalue weighted by Crippen LogP contribution is 2.28. The highest BCUT2D eigenvalue weighted by Gasteiger charge is 2.17. The number of anilines is 1. The van der Waals surface area contributed by atoms with Gasteiger partial charge in [-0.15, -0.1) is 0 Å². The molecule has 0 aliphatic heterocycles. The summed E-state index contributed by atoms with van der Waals surface area (Å²) in [6.45, 7) is 0. The number of nitro groups is 1. The fourth-order valence-electron chi connectivity index (χ4n) is 1.71. The van der Waals surface area contributed by atoms with Gasteiger partial charge < -0.3 is 5.32 Å². The third-order valence-electron chi connectivity index (χ3n) is 2.77. The third kappa shape index (κ3) is 3.80. The van der Waals surface area contributed by atoms with E-state index in [4.69, 9.17) is 11.6 Å². The second-order valence-electron chi connectivity index (χ2n) is 4.20. The van der Waals surface area contributed by atoms with Crippen LogP contribution in [-0.2, 0) is 5.33 Å². The van der Waals surface area contributed by atoms with Crippen LogP contribution >= 0.6 is 27.5 Å². The minimum absolute atomic E-state index is 0.0714. The lowest BCUT2D eigenvalue weighted by molar-refractivity contribution is -0.383. The van der Waals surface area contributed by atoms with Crippen LogP contribution in [0.3, 0.4) is 0 Å². The number of nitro benzene ring substituents is 1. The van der Waals surface area contributed by atoms with Crippen LogP contribution in [-0.4, -0.2) is 10.8 Å². The number of rotatable bonds is 4. The highest BCUT2D eigenvalue weighted by molar-refractivity contribution is 9.08. The Kier molecular flexibility index (Phi) is 4.93. The molecule has 2 aromatic rings. The maximum atomic E-state index is 12.1. The first kappa shape index (κ1) is 15.5. The van der Waals surface area contributed by atoms with E-state index in [-0.39, 0.29) is 11.4 Å². The summed E-state index contributed by atoms with van der Waals surface area (Å²) in [6, 6.07) is 10.9. The molecule has 0 aliphatic carbocycles. The molecule has 0 heterocycles. The zero-order chi connectivity index (χ0) is 15.4. The maximum Gasteiger partial charge on any atom is 0.292 e. The van der Waals surface area contributed by atoms with Crippen LogP contribution in [0.1, 0.15) is 15.9 Å². The van der Waals surface area contributed by atoms with Crippen molar-refractivity contribution in [3.8, 4) is 0 Å². The summed E-state index contributed by atoms with van der Waals surface area (Å²) in [5.41, 5.74) is 1.31. The normalized spacial score (nSPS) is 10.2. The molecular weight excluding hydrogens is 360 g/mol. The Hall–Kier alpha value is -1.92. The van der Waals surface area contributed by atoms with Crippen LogP contribution < -0.4 is 5.32 Å². The van der Waals surface area contributed by atoms with Gasteiger partial charge in [-0.3, -0.25) is 14.9 Å². The van der Waals surface area contributed by atoms with Gasteiger partial charge in [0.05, 0.1) is 4.92 Å². The van der Waals surface area contributed by atoms with Gasteiger partial charge in [0.15, 0.2) is 0 Å². The Labute approximate surface area is 134 Å². The molecule has 0 radical (unpaired) electrons. The highest BCUT2D eigenvalue weighted by atomic mass is 79.9. The van der Waals surface area contributed by atoms with Gasteiger partial charge in [-0.1, -0.05) is 39.7 Å². The van der Waals surface area contributed by atoms with Gasteiger partial charge in [-0.25, -0.2) is 0 Å². The van der Waals surface area contributed by atoms with Gasteiger partial charge in [-0.2, -0.15) is 0 Å². The fourth-order valence-corrected chi connectivity index (χ4v) is 2.25. The van der Waals surface area contributed by atoms with Crippen molar-refractivity contribution >= 4 is 44.8 Å². The first-order valence-corrected chi connectivity index (χ1v) is 7.41. The van der Waals surface area contributed by atoms with Crippen LogP contribution in [0, 0.1) is 10.1 Å². The molecule has 0 spiro atoms. The van der Waals surface area contributed by atoms with Crippen molar-refractivity contribution in [1.29, 1.82) is 0 Å². The summed E-state index contributed by atoms with van der Waals surface area (Å²) in [7, 11) is 0. The van der Waals surface area contributed by atoms with Crippen molar-refractivity contribution in [3.63, 3.8) is 0 Å². The SMILES string of the molecule is O=C(Nc1cc(Cl)ccc1[N+](=O)[O-])c1ccc(CBr)cc1. The lowest BCUT2D eigenvalue weighted by Crippen LogP contribution is -2.13. The van der Waals surface area contributed by atoms with Crippen molar-refractivity contribution in [3.05, 3.63) is 68.7 Å². The molecule has 0 fully saturated rings. The summed E-state index contributed by atoms with van der Waals surface area (Å²) >= 11 is 9.13. The molecule has 21 heavy (non-hydrogen) atoms. The number of halogens is 2. The topological polar surface area (TPSA) is 72.2 Å². The fraction of sp³-hybridized carbons (Fsp3) is 0.0714. The molecule has 0 aliphatic rings. The summed E-state index contributed by atoms with van der Waals surface area (Å²) in [4.78, 5) is 22.5. The molecular formula is C14H10BrClN2O3. The van der Waals surface area contributed by atoms with Gasteiger partial charge in [0.25, 0.3) is 11.6 Å². The van der Waals surface area contributed by atoms with Crippen LogP contribution in [0.2, 0.25) is 5.02 Å². The Balaban J connectivity index is 2.26. The van der Waals surface area contributed by atoms with Gasteiger partial charge in [0.2, 0.25) is 0 Å². The number of nitrogens with one attached hydrogen (secondary N) is 1. The first-order valence-electron chi connectivity index (χ1n) is 5.91. The molecule has 1 N–H and O–H groups in total. The van der Waals surface area contributed by atoms with Crippen LogP contribution in [0.25, 0.3) is 0 Å². The number of carbonyl (C=O) groups excluding carboxylic acids is 1. The molecule has 1 amide bonds. The van der Waals surface area contributed by atoms with Gasteiger partial charge in [0.1, 0.15) is 5.69 Å². The maximum absolute atomic E-state index is 12.1. The van der Waals surface area contributed by atoms with Crippen molar-refractivity contribution in [2.24, 2.45) is 0 Å². The first-order chi connectivity index (χ1) is 10.0. The number of carbonyl (C=O) groups is 1. The largest absolute Gasteiger partial charge is 0.316 e. The van der Waals surface area contributed by atoms with Crippen molar-refractivity contribution in [2.75, 3.05) is 5.32 Å². The molecule has 0 saturated heterocycles. The van der Waals surface area contributed by atoms with E-state index in [1.165, 1.54) is 18.2 Å². The van der Waals surface area contributed by atoms with E-state index in [1.807, 2.05) is 0 Å². The standard InChI is InChI=1S/C14H10BrClN2O3/c15-8-9-1-3-10(4-2-9)14(19)17-12-7-11(16)5-6-13(12)18(20)21/h1-7H,8H2,(H,17,19). The summed E-state index contributed by atoms with van der Waals surface area (Å²) < 4.78 is 0. The number of hydrogen-bond donors (Lipinski definition) is 1.